The van der Waals surface area contributed by atoms with Crippen LogP contribution in [-0.4, -0.2) is 17.9 Å². The molecule has 1 aliphatic rings. The molecule has 0 aliphatic carbocycles. The minimum atomic E-state index is -0.606. The number of para-hydroxylation sites is 1. The topological polar surface area (TPSA) is 49.4 Å². The fourth-order valence-electron chi connectivity index (χ4n) is 3.63. The molecule has 2 amide bonds. The highest BCUT2D eigenvalue weighted by Crippen LogP contribution is 2.38. The number of anilines is 2. The summed E-state index contributed by atoms with van der Waals surface area (Å²) in [5.41, 5.74) is 3.33. The minimum absolute atomic E-state index is 0.122. The number of hydrogen-bond donors (Lipinski definition) is 1. The van der Waals surface area contributed by atoms with Crippen LogP contribution in [0.25, 0.3) is 10.8 Å². The highest BCUT2D eigenvalue weighted by atomic mass is 16.2. The number of rotatable bonds is 4. The molecule has 4 heteroatoms. The van der Waals surface area contributed by atoms with Crippen molar-refractivity contribution in [2.24, 2.45) is 0 Å². The van der Waals surface area contributed by atoms with Gasteiger partial charge < -0.3 is 5.32 Å². The van der Waals surface area contributed by atoms with Crippen LogP contribution < -0.4 is 10.2 Å². The molecule has 3 aromatic carbocycles. The lowest BCUT2D eigenvalue weighted by Crippen LogP contribution is -2.44. The number of nitrogens with one attached hydrogen (secondary N) is 1. The second-order valence-electron chi connectivity index (χ2n) is 6.53. The molecule has 26 heavy (non-hydrogen) atoms. The van der Waals surface area contributed by atoms with Gasteiger partial charge in [0.15, 0.2) is 0 Å². The maximum absolute atomic E-state index is 12.9. The Balaban J connectivity index is 1.67. The van der Waals surface area contributed by atoms with E-state index < -0.39 is 6.04 Å². The zero-order valence-corrected chi connectivity index (χ0v) is 14.8. The van der Waals surface area contributed by atoms with Crippen LogP contribution in [0.2, 0.25) is 0 Å². The molecular weight excluding hydrogens is 324 g/mol. The SMILES string of the molecule is CCc1ccccc1NC(=O)[C@@H](C)N1C(=O)c2cccc3cccc1c23. The van der Waals surface area contributed by atoms with E-state index in [2.05, 4.69) is 12.2 Å². The van der Waals surface area contributed by atoms with Gasteiger partial charge in [0.25, 0.3) is 5.91 Å². The van der Waals surface area contributed by atoms with Crippen LogP contribution in [-0.2, 0) is 11.2 Å². The number of carbonyl (C=O) groups is 2. The van der Waals surface area contributed by atoms with Gasteiger partial charge in [-0.1, -0.05) is 49.4 Å². The Morgan fingerprint density at radius 3 is 2.54 bits per heavy atom. The normalized spacial score (nSPS) is 13.9. The number of carbonyl (C=O) groups excluding carboxylic acids is 2. The van der Waals surface area contributed by atoms with E-state index in [1.165, 1.54) is 0 Å². The molecule has 1 aliphatic heterocycles. The molecular formula is C22H20N2O2. The zero-order valence-electron chi connectivity index (χ0n) is 14.8. The van der Waals surface area contributed by atoms with Gasteiger partial charge in [0, 0.05) is 16.6 Å². The predicted octanol–water partition coefficient (Wildman–Crippen LogP) is 4.39. The average Bonchev–Trinajstić information content (AvgIpc) is 2.96. The van der Waals surface area contributed by atoms with Crippen LogP contribution in [0.4, 0.5) is 11.4 Å². The van der Waals surface area contributed by atoms with Crippen molar-refractivity contribution in [3.8, 4) is 0 Å². The van der Waals surface area contributed by atoms with Crippen molar-refractivity contribution in [3.63, 3.8) is 0 Å². The lowest BCUT2D eigenvalue weighted by atomic mass is 10.1. The fourth-order valence-corrected chi connectivity index (χ4v) is 3.63. The molecule has 1 N–H and O–H groups in total. The lowest BCUT2D eigenvalue weighted by Gasteiger charge is -2.25. The van der Waals surface area contributed by atoms with Gasteiger partial charge in [-0.2, -0.15) is 0 Å². The largest absolute Gasteiger partial charge is 0.324 e. The van der Waals surface area contributed by atoms with E-state index in [-0.39, 0.29) is 11.8 Å². The highest BCUT2D eigenvalue weighted by molar-refractivity contribution is 6.26. The Morgan fingerprint density at radius 1 is 1.04 bits per heavy atom. The number of nitrogens with zero attached hydrogens (tertiary/aromatic N) is 1. The van der Waals surface area contributed by atoms with Crippen LogP contribution >= 0.6 is 0 Å². The van der Waals surface area contributed by atoms with E-state index in [0.29, 0.717) is 5.56 Å². The van der Waals surface area contributed by atoms with Crippen LogP contribution in [0, 0.1) is 0 Å². The smallest absolute Gasteiger partial charge is 0.259 e. The van der Waals surface area contributed by atoms with Gasteiger partial charge >= 0.3 is 0 Å². The summed E-state index contributed by atoms with van der Waals surface area (Å²) in [6.07, 6.45) is 0.832. The van der Waals surface area contributed by atoms with Crippen molar-refractivity contribution in [1.29, 1.82) is 0 Å². The molecule has 0 bridgehead atoms. The van der Waals surface area contributed by atoms with Gasteiger partial charge in [0.2, 0.25) is 5.91 Å². The molecule has 0 fully saturated rings. The third-order valence-electron chi connectivity index (χ3n) is 5.01. The first kappa shape index (κ1) is 16.3. The van der Waals surface area contributed by atoms with Crippen molar-refractivity contribution >= 4 is 34.0 Å². The van der Waals surface area contributed by atoms with E-state index >= 15 is 0 Å². The maximum atomic E-state index is 12.9. The third kappa shape index (κ3) is 2.46. The van der Waals surface area contributed by atoms with Crippen LogP contribution in [0.1, 0.15) is 29.8 Å². The summed E-state index contributed by atoms with van der Waals surface area (Å²) < 4.78 is 0. The third-order valence-corrected chi connectivity index (χ3v) is 5.01. The van der Waals surface area contributed by atoms with Crippen LogP contribution in [0.5, 0.6) is 0 Å². The first-order valence-electron chi connectivity index (χ1n) is 8.86. The van der Waals surface area contributed by atoms with Crippen molar-refractivity contribution in [3.05, 3.63) is 71.8 Å². The quantitative estimate of drug-likeness (QED) is 0.763. The molecule has 130 valence electrons. The molecule has 0 spiro atoms. The summed E-state index contributed by atoms with van der Waals surface area (Å²) >= 11 is 0. The van der Waals surface area contributed by atoms with Gasteiger partial charge in [-0.15, -0.1) is 0 Å². The zero-order chi connectivity index (χ0) is 18.3. The Morgan fingerprint density at radius 2 is 1.77 bits per heavy atom. The van der Waals surface area contributed by atoms with E-state index in [4.69, 9.17) is 0 Å². The maximum Gasteiger partial charge on any atom is 0.259 e. The standard InChI is InChI=1S/C22H20N2O2/c1-3-15-8-4-5-12-18(15)23-21(25)14(2)24-19-13-7-10-16-9-6-11-17(20(16)19)22(24)26/h4-14H,3H2,1-2H3,(H,23,25)/t14-/m1/s1. The van der Waals surface area contributed by atoms with Crippen molar-refractivity contribution in [1.82, 2.24) is 0 Å². The number of hydrogen-bond acceptors (Lipinski definition) is 2. The van der Waals surface area contributed by atoms with Crippen molar-refractivity contribution in [2.45, 2.75) is 26.3 Å². The first-order valence-corrected chi connectivity index (χ1v) is 8.86. The molecule has 4 rings (SSSR count). The summed E-state index contributed by atoms with van der Waals surface area (Å²) in [6, 6.07) is 18.6. The molecule has 0 radical (unpaired) electrons. The second-order valence-corrected chi connectivity index (χ2v) is 6.53. The van der Waals surface area contributed by atoms with E-state index in [1.807, 2.05) is 60.7 Å². The van der Waals surface area contributed by atoms with Gasteiger partial charge in [0.1, 0.15) is 6.04 Å². The molecule has 1 heterocycles. The van der Waals surface area contributed by atoms with Gasteiger partial charge in [-0.05, 0) is 42.5 Å². The highest BCUT2D eigenvalue weighted by Gasteiger charge is 2.35. The van der Waals surface area contributed by atoms with Gasteiger partial charge in [-0.3, -0.25) is 14.5 Å². The number of aryl methyl sites for hydroxylation is 1. The lowest BCUT2D eigenvalue weighted by molar-refractivity contribution is -0.117. The van der Waals surface area contributed by atoms with Crippen LogP contribution in [0.3, 0.4) is 0 Å². The Hall–Kier alpha value is -3.14. The second kappa shape index (κ2) is 6.30. The van der Waals surface area contributed by atoms with E-state index in [0.717, 1.165) is 34.1 Å². The number of benzene rings is 3. The summed E-state index contributed by atoms with van der Waals surface area (Å²) in [5.74, 6) is -0.313. The molecule has 0 saturated heterocycles. The van der Waals surface area contributed by atoms with Crippen molar-refractivity contribution < 1.29 is 9.59 Å². The summed E-state index contributed by atoms with van der Waals surface area (Å²) in [6.45, 7) is 3.82. The van der Waals surface area contributed by atoms with Crippen molar-refractivity contribution in [2.75, 3.05) is 10.2 Å². The molecule has 4 nitrogen and oxygen atoms in total. The molecule has 3 aromatic rings. The predicted molar refractivity (Wildman–Crippen MR) is 105 cm³/mol. The molecule has 1 atom stereocenters. The fraction of sp³-hybridized carbons (Fsp3) is 0.182. The molecule has 0 aromatic heterocycles. The Kier molecular flexibility index (Phi) is 3.96. The summed E-state index contributed by atoms with van der Waals surface area (Å²) in [7, 11) is 0. The summed E-state index contributed by atoms with van der Waals surface area (Å²) in [5, 5.41) is 4.92. The van der Waals surface area contributed by atoms with E-state index in [9.17, 15) is 9.59 Å². The minimum Gasteiger partial charge on any atom is -0.324 e. The van der Waals surface area contributed by atoms with Gasteiger partial charge in [-0.25, -0.2) is 0 Å². The Bertz CT molecular complexity index is 1020. The summed E-state index contributed by atoms with van der Waals surface area (Å²) in [4.78, 5) is 27.4. The Labute approximate surface area is 152 Å². The monoisotopic (exact) mass is 344 g/mol. The van der Waals surface area contributed by atoms with Gasteiger partial charge in [0.05, 0.1) is 5.69 Å². The average molecular weight is 344 g/mol. The molecule has 0 unspecified atom stereocenters. The number of amides is 2. The molecule has 0 saturated carbocycles. The van der Waals surface area contributed by atoms with E-state index in [1.54, 1.807) is 11.8 Å². The van der Waals surface area contributed by atoms with Crippen LogP contribution in [0.15, 0.2) is 60.7 Å². The first-order chi connectivity index (χ1) is 12.6.